The van der Waals surface area contributed by atoms with Crippen molar-refractivity contribution in [3.63, 3.8) is 0 Å². The summed E-state index contributed by atoms with van der Waals surface area (Å²) in [4.78, 5) is 20.6. The van der Waals surface area contributed by atoms with Gasteiger partial charge in [0.2, 0.25) is 0 Å². The van der Waals surface area contributed by atoms with Gasteiger partial charge in [0.1, 0.15) is 0 Å². The van der Waals surface area contributed by atoms with E-state index in [1.165, 1.54) is 0 Å². The van der Waals surface area contributed by atoms with E-state index in [2.05, 4.69) is 32.7 Å². The number of hydrogen-bond acceptors (Lipinski definition) is 4. The number of carbonyl (C=O) groups is 1. The van der Waals surface area contributed by atoms with E-state index in [-0.39, 0.29) is 20.4 Å². The fourth-order valence-corrected chi connectivity index (χ4v) is 2.07. The third kappa shape index (κ3) is 3.20. The van der Waals surface area contributed by atoms with Crippen LogP contribution >= 0.6 is 12.2 Å². The number of amides is 1. The molecule has 0 aliphatic rings. The average Bonchev–Trinajstić information content (AvgIpc) is 2.53. The number of aromatic nitrogens is 1. The Kier molecular flexibility index (Phi) is 3.99. The Morgan fingerprint density at radius 2 is 2.69 bits per heavy atom. The molecule has 0 atom stereocenters. The summed E-state index contributed by atoms with van der Waals surface area (Å²) in [5.74, 6) is 0.517. The number of nitrogens with zero attached hydrogens (tertiary/aromatic N) is 2. The van der Waals surface area contributed by atoms with Gasteiger partial charge in [0.15, 0.2) is 0 Å². The second-order valence-electron chi connectivity index (χ2n) is 2.12. The Bertz CT molecular complexity index is 356. The summed E-state index contributed by atoms with van der Waals surface area (Å²) in [5.41, 5.74) is 0. The molecule has 0 aliphatic carbocycles. The molecule has 0 spiro atoms. The predicted molar refractivity (Wildman–Crippen MR) is 54.8 cm³/mol. The third-order valence-electron chi connectivity index (χ3n) is 1.22. The van der Waals surface area contributed by atoms with E-state index in [9.17, 15) is 4.79 Å². The van der Waals surface area contributed by atoms with Crippen molar-refractivity contribution >= 4 is 48.3 Å². The molecule has 1 amide bonds. The number of hydrogen-bond donors (Lipinski definition) is 1. The molecule has 13 heavy (non-hydrogen) atoms. The molecule has 0 aliphatic heterocycles. The second-order valence-corrected chi connectivity index (χ2v) is 4.10. The first-order chi connectivity index (χ1) is 6.26. The molecule has 68 valence electrons. The number of rotatable bonds is 3. The first-order valence-electron chi connectivity index (χ1n) is 3.59. The number of isothiocyanates is 1. The van der Waals surface area contributed by atoms with Gasteiger partial charge in [-0.1, -0.05) is 0 Å². The SMILES string of the molecule is CCC(=O)Nc1nc(N=C=S)c[se]1. The van der Waals surface area contributed by atoms with Crippen molar-refractivity contribution in [1.29, 1.82) is 0 Å². The number of thiocarbonyl (C=S) groups is 1. The normalized spacial score (nSPS) is 9.00. The first-order valence-corrected chi connectivity index (χ1v) is 5.85. The quantitative estimate of drug-likeness (QED) is 0.505. The van der Waals surface area contributed by atoms with E-state index in [0.29, 0.717) is 16.9 Å². The minimum atomic E-state index is -0.0263. The van der Waals surface area contributed by atoms with Crippen LogP contribution in [0.1, 0.15) is 13.3 Å². The van der Waals surface area contributed by atoms with Gasteiger partial charge < -0.3 is 0 Å². The summed E-state index contributed by atoms with van der Waals surface area (Å²) < 4.78 is 0.684. The number of nitrogens with one attached hydrogen (secondary N) is 1. The van der Waals surface area contributed by atoms with E-state index in [0.717, 1.165) is 0 Å². The van der Waals surface area contributed by atoms with Gasteiger partial charge in [0.25, 0.3) is 0 Å². The average molecular weight is 260 g/mol. The molecule has 1 rings (SSSR count). The zero-order chi connectivity index (χ0) is 9.68. The van der Waals surface area contributed by atoms with E-state index < -0.39 is 0 Å². The molecule has 0 unspecified atom stereocenters. The van der Waals surface area contributed by atoms with Crippen LogP contribution in [0.25, 0.3) is 0 Å². The van der Waals surface area contributed by atoms with Crippen molar-refractivity contribution in [3.05, 3.63) is 4.94 Å². The summed E-state index contributed by atoms with van der Waals surface area (Å²) in [5, 5.41) is 4.91. The minimum absolute atomic E-state index is 0.0263. The fourth-order valence-electron chi connectivity index (χ4n) is 0.628. The van der Waals surface area contributed by atoms with Gasteiger partial charge in [-0.05, 0) is 0 Å². The summed E-state index contributed by atoms with van der Waals surface area (Å²) >= 11 is 4.50. The Labute approximate surface area is 86.8 Å². The van der Waals surface area contributed by atoms with Gasteiger partial charge in [-0.25, -0.2) is 0 Å². The third-order valence-corrected chi connectivity index (χ3v) is 2.87. The zero-order valence-electron chi connectivity index (χ0n) is 6.90. The molecular weight excluding hydrogens is 253 g/mol. The van der Waals surface area contributed by atoms with Crippen molar-refractivity contribution in [2.24, 2.45) is 4.99 Å². The van der Waals surface area contributed by atoms with Crippen LogP contribution in [-0.4, -0.2) is 30.6 Å². The molecule has 1 heterocycles. The zero-order valence-corrected chi connectivity index (χ0v) is 9.43. The fraction of sp³-hybridized carbons (Fsp3) is 0.286. The summed E-state index contributed by atoms with van der Waals surface area (Å²) in [6, 6.07) is 0. The standard InChI is InChI=1S/C7H7N3OSSe/c1-2-6(11)10-7-9-5(3-13-7)8-4-12/h3H,2H2,1H3,(H,9,10,11). The van der Waals surface area contributed by atoms with Crippen LogP contribution in [0.3, 0.4) is 0 Å². The predicted octanol–water partition coefficient (Wildman–Crippen LogP) is 1.22. The van der Waals surface area contributed by atoms with Crippen LogP contribution in [0.4, 0.5) is 10.5 Å². The van der Waals surface area contributed by atoms with Gasteiger partial charge >= 0.3 is 86.7 Å². The van der Waals surface area contributed by atoms with Gasteiger partial charge in [-0.15, -0.1) is 0 Å². The van der Waals surface area contributed by atoms with Crippen LogP contribution in [-0.2, 0) is 4.79 Å². The van der Waals surface area contributed by atoms with Gasteiger partial charge in [-0.3, -0.25) is 0 Å². The number of anilines is 1. The molecule has 4 nitrogen and oxygen atoms in total. The van der Waals surface area contributed by atoms with Crippen LogP contribution in [0.2, 0.25) is 0 Å². The van der Waals surface area contributed by atoms with Gasteiger partial charge in [-0.2, -0.15) is 0 Å². The first kappa shape index (κ1) is 10.3. The molecule has 0 fully saturated rings. The van der Waals surface area contributed by atoms with Crippen LogP contribution in [0.15, 0.2) is 9.93 Å². The molecular formula is C7H7N3OSSe. The van der Waals surface area contributed by atoms with E-state index in [1.807, 2.05) is 4.94 Å². The van der Waals surface area contributed by atoms with Gasteiger partial charge in [0, 0.05) is 0 Å². The summed E-state index contributed by atoms with van der Waals surface area (Å²) in [6.45, 7) is 1.79. The summed E-state index contributed by atoms with van der Waals surface area (Å²) in [6.07, 6.45) is 0.459. The van der Waals surface area contributed by atoms with E-state index in [4.69, 9.17) is 0 Å². The van der Waals surface area contributed by atoms with Crippen molar-refractivity contribution < 1.29 is 4.79 Å². The van der Waals surface area contributed by atoms with E-state index in [1.54, 1.807) is 6.92 Å². The Balaban J connectivity index is 2.69. The molecule has 0 saturated heterocycles. The number of aliphatic imine (C=N–C) groups is 1. The maximum absolute atomic E-state index is 11.0. The van der Waals surface area contributed by atoms with Crippen LogP contribution in [0.5, 0.6) is 0 Å². The van der Waals surface area contributed by atoms with Crippen molar-refractivity contribution in [2.45, 2.75) is 13.3 Å². The molecule has 0 aromatic carbocycles. The van der Waals surface area contributed by atoms with Crippen molar-refractivity contribution in [1.82, 2.24) is 4.98 Å². The Morgan fingerprint density at radius 3 is 3.31 bits per heavy atom. The monoisotopic (exact) mass is 261 g/mol. The Hall–Kier alpha value is -0.801. The maximum atomic E-state index is 11.0. The molecule has 0 saturated carbocycles. The van der Waals surface area contributed by atoms with Crippen LogP contribution in [0, 0.1) is 0 Å². The van der Waals surface area contributed by atoms with E-state index >= 15 is 0 Å². The topological polar surface area (TPSA) is 54.4 Å². The van der Waals surface area contributed by atoms with Gasteiger partial charge in [0.05, 0.1) is 0 Å². The molecule has 0 radical (unpaired) electrons. The van der Waals surface area contributed by atoms with Crippen molar-refractivity contribution in [2.75, 3.05) is 5.32 Å². The van der Waals surface area contributed by atoms with Crippen LogP contribution < -0.4 is 5.32 Å². The molecule has 0 bridgehead atoms. The molecule has 1 N–H and O–H groups in total. The number of carbonyl (C=O) groups excluding carboxylic acids is 1. The Morgan fingerprint density at radius 1 is 1.92 bits per heavy atom. The molecule has 6 heteroatoms. The molecule has 1 aromatic rings. The molecule has 1 aromatic heterocycles. The second kappa shape index (κ2) is 5.04. The van der Waals surface area contributed by atoms with Crippen molar-refractivity contribution in [3.8, 4) is 0 Å². The summed E-state index contributed by atoms with van der Waals surface area (Å²) in [7, 11) is 0.